The van der Waals surface area contributed by atoms with Crippen molar-refractivity contribution >= 4 is 28.9 Å². The molecule has 2 nitrogen and oxygen atoms in total. The lowest BCUT2D eigenvalue weighted by molar-refractivity contribution is 0.132. The largest absolute Gasteiger partial charge is 0.368 e. The molecular formula is C15H22Cl2N2. The molecule has 0 radical (unpaired) electrons. The Morgan fingerprint density at radius 1 is 1.11 bits per heavy atom. The van der Waals surface area contributed by atoms with E-state index in [0.717, 1.165) is 13.1 Å². The summed E-state index contributed by atoms with van der Waals surface area (Å²) in [5.41, 5.74) is 1.17. The van der Waals surface area contributed by atoms with Gasteiger partial charge in [-0.3, -0.25) is 4.90 Å². The molecule has 0 N–H and O–H groups in total. The number of rotatable bonds is 3. The summed E-state index contributed by atoms with van der Waals surface area (Å²) < 4.78 is 0. The van der Waals surface area contributed by atoms with Crippen LogP contribution in [0.1, 0.15) is 27.2 Å². The molecule has 0 saturated carbocycles. The van der Waals surface area contributed by atoms with Crippen LogP contribution < -0.4 is 4.90 Å². The average molecular weight is 301 g/mol. The molecule has 19 heavy (non-hydrogen) atoms. The quantitative estimate of drug-likeness (QED) is 0.821. The maximum Gasteiger partial charge on any atom is 0.0612 e. The smallest absolute Gasteiger partial charge is 0.0612 e. The van der Waals surface area contributed by atoms with Crippen LogP contribution >= 0.6 is 23.2 Å². The highest BCUT2D eigenvalue weighted by atomic mass is 35.5. The minimum absolute atomic E-state index is 0.568. The summed E-state index contributed by atoms with van der Waals surface area (Å²) in [5.74, 6) is 0. The van der Waals surface area contributed by atoms with Gasteiger partial charge in [-0.25, -0.2) is 0 Å². The molecule has 1 aromatic rings. The third-order valence-corrected chi connectivity index (χ3v) is 4.59. The van der Waals surface area contributed by atoms with Crippen LogP contribution in [0.25, 0.3) is 0 Å². The SMILES string of the molecule is CCCN1[C@H](C)CN(c2ccc(Cl)c(Cl)c2)C[C@@H]1C. The highest BCUT2D eigenvalue weighted by Gasteiger charge is 2.28. The predicted octanol–water partition coefficient (Wildman–Crippen LogP) is 4.30. The molecule has 1 aliphatic heterocycles. The van der Waals surface area contributed by atoms with Gasteiger partial charge in [-0.1, -0.05) is 30.1 Å². The molecule has 2 rings (SSSR count). The molecule has 1 heterocycles. The first-order chi connectivity index (χ1) is 9.02. The molecule has 0 aromatic heterocycles. The standard InChI is InChI=1S/C15H22Cl2N2/c1-4-7-19-11(2)9-18(10-12(19)3)13-5-6-14(16)15(17)8-13/h5-6,8,11-12H,4,7,9-10H2,1-3H3/t11-,12+. The van der Waals surface area contributed by atoms with Crippen LogP contribution in [-0.4, -0.2) is 36.6 Å². The van der Waals surface area contributed by atoms with Crippen LogP contribution in [0.3, 0.4) is 0 Å². The van der Waals surface area contributed by atoms with Gasteiger partial charge in [0, 0.05) is 30.9 Å². The highest BCUT2D eigenvalue weighted by Crippen LogP contribution is 2.29. The van der Waals surface area contributed by atoms with Gasteiger partial charge in [0.25, 0.3) is 0 Å². The van der Waals surface area contributed by atoms with E-state index in [1.807, 2.05) is 12.1 Å². The first-order valence-electron chi connectivity index (χ1n) is 6.98. The normalized spacial score (nSPS) is 24.8. The lowest BCUT2D eigenvalue weighted by Crippen LogP contribution is -2.56. The van der Waals surface area contributed by atoms with E-state index in [9.17, 15) is 0 Å². The number of benzene rings is 1. The minimum Gasteiger partial charge on any atom is -0.368 e. The second-order valence-corrected chi connectivity index (χ2v) is 6.25. The Kier molecular flexibility index (Phi) is 4.99. The Balaban J connectivity index is 2.13. The second kappa shape index (κ2) is 6.34. The molecule has 2 atom stereocenters. The lowest BCUT2D eigenvalue weighted by Gasteiger charge is -2.45. The molecular weight excluding hydrogens is 279 g/mol. The van der Waals surface area contributed by atoms with Crippen molar-refractivity contribution in [1.82, 2.24) is 4.90 Å². The summed E-state index contributed by atoms with van der Waals surface area (Å²) in [6.07, 6.45) is 1.21. The zero-order valence-electron chi connectivity index (χ0n) is 11.9. The van der Waals surface area contributed by atoms with Crippen LogP contribution in [0.15, 0.2) is 18.2 Å². The van der Waals surface area contributed by atoms with Crippen molar-refractivity contribution in [1.29, 1.82) is 0 Å². The summed E-state index contributed by atoms with van der Waals surface area (Å²) in [7, 11) is 0. The molecule has 0 amide bonds. The molecule has 0 aliphatic carbocycles. The fraction of sp³-hybridized carbons (Fsp3) is 0.600. The first-order valence-corrected chi connectivity index (χ1v) is 7.74. The average Bonchev–Trinajstić information content (AvgIpc) is 2.37. The van der Waals surface area contributed by atoms with Crippen LogP contribution in [0.4, 0.5) is 5.69 Å². The van der Waals surface area contributed by atoms with Crippen LogP contribution in [0.5, 0.6) is 0 Å². The second-order valence-electron chi connectivity index (χ2n) is 5.44. The monoisotopic (exact) mass is 300 g/mol. The van der Waals surface area contributed by atoms with Crippen molar-refractivity contribution in [3.63, 3.8) is 0 Å². The number of hydrogen-bond acceptors (Lipinski definition) is 2. The molecule has 1 aromatic carbocycles. The number of hydrogen-bond donors (Lipinski definition) is 0. The Morgan fingerprint density at radius 3 is 2.26 bits per heavy atom. The van der Waals surface area contributed by atoms with Crippen molar-refractivity contribution in [2.24, 2.45) is 0 Å². The Morgan fingerprint density at radius 2 is 1.74 bits per heavy atom. The number of anilines is 1. The molecule has 1 aliphatic rings. The molecule has 0 spiro atoms. The maximum atomic E-state index is 6.12. The van der Waals surface area contributed by atoms with Gasteiger partial charge < -0.3 is 4.90 Å². The number of halogens is 2. The highest BCUT2D eigenvalue weighted by molar-refractivity contribution is 6.42. The summed E-state index contributed by atoms with van der Waals surface area (Å²) >= 11 is 12.1. The van der Waals surface area contributed by atoms with Gasteiger partial charge in [-0.2, -0.15) is 0 Å². The first kappa shape index (κ1) is 15.0. The van der Waals surface area contributed by atoms with Crippen molar-refractivity contribution in [2.75, 3.05) is 24.5 Å². The number of piperazine rings is 1. The van der Waals surface area contributed by atoms with Crippen molar-refractivity contribution in [3.8, 4) is 0 Å². The van der Waals surface area contributed by atoms with E-state index in [-0.39, 0.29) is 0 Å². The minimum atomic E-state index is 0.568. The molecule has 1 fully saturated rings. The van der Waals surface area contributed by atoms with Crippen LogP contribution in [-0.2, 0) is 0 Å². The Hall–Kier alpha value is -0.440. The third kappa shape index (κ3) is 3.36. The van der Waals surface area contributed by atoms with Gasteiger partial charge in [0.05, 0.1) is 10.0 Å². The molecule has 4 heteroatoms. The Labute approximate surface area is 126 Å². The van der Waals surface area contributed by atoms with Crippen molar-refractivity contribution in [3.05, 3.63) is 28.2 Å². The van der Waals surface area contributed by atoms with Crippen molar-refractivity contribution in [2.45, 2.75) is 39.3 Å². The molecule has 106 valence electrons. The van der Waals surface area contributed by atoms with E-state index in [4.69, 9.17) is 23.2 Å². The van der Waals surface area contributed by atoms with E-state index in [1.165, 1.54) is 18.7 Å². The molecule has 0 unspecified atom stereocenters. The van der Waals surface area contributed by atoms with E-state index in [0.29, 0.717) is 22.1 Å². The van der Waals surface area contributed by atoms with Gasteiger partial charge >= 0.3 is 0 Å². The van der Waals surface area contributed by atoms with Crippen molar-refractivity contribution < 1.29 is 0 Å². The predicted molar refractivity (Wildman–Crippen MR) is 84.6 cm³/mol. The molecule has 1 saturated heterocycles. The summed E-state index contributed by atoms with van der Waals surface area (Å²) in [4.78, 5) is 5.00. The van der Waals surface area contributed by atoms with Gasteiger partial charge in [0.15, 0.2) is 0 Å². The Bertz CT molecular complexity index is 424. The van der Waals surface area contributed by atoms with E-state index >= 15 is 0 Å². The maximum absolute atomic E-state index is 6.12. The zero-order valence-corrected chi connectivity index (χ0v) is 13.4. The summed E-state index contributed by atoms with van der Waals surface area (Å²) in [6, 6.07) is 7.05. The summed E-state index contributed by atoms with van der Waals surface area (Å²) in [5, 5.41) is 1.26. The van der Waals surface area contributed by atoms with Gasteiger partial charge in [-0.05, 0) is 45.0 Å². The van der Waals surface area contributed by atoms with Gasteiger partial charge in [0.2, 0.25) is 0 Å². The molecule has 0 bridgehead atoms. The van der Waals surface area contributed by atoms with E-state index in [2.05, 4.69) is 36.6 Å². The van der Waals surface area contributed by atoms with Crippen LogP contribution in [0.2, 0.25) is 10.0 Å². The number of nitrogens with zero attached hydrogens (tertiary/aromatic N) is 2. The fourth-order valence-corrected chi connectivity index (χ4v) is 3.24. The van der Waals surface area contributed by atoms with E-state index < -0.39 is 0 Å². The zero-order chi connectivity index (χ0) is 14.0. The fourth-order valence-electron chi connectivity index (χ4n) is 2.95. The van der Waals surface area contributed by atoms with E-state index in [1.54, 1.807) is 0 Å². The third-order valence-electron chi connectivity index (χ3n) is 3.85. The topological polar surface area (TPSA) is 6.48 Å². The van der Waals surface area contributed by atoms with Gasteiger partial charge in [-0.15, -0.1) is 0 Å². The lowest BCUT2D eigenvalue weighted by atomic mass is 10.1. The summed E-state index contributed by atoms with van der Waals surface area (Å²) in [6.45, 7) is 10.1. The van der Waals surface area contributed by atoms with Gasteiger partial charge in [0.1, 0.15) is 0 Å². The van der Waals surface area contributed by atoms with Crippen LogP contribution in [0, 0.1) is 0 Å².